The zero-order chi connectivity index (χ0) is 20.5. The summed E-state index contributed by atoms with van der Waals surface area (Å²) < 4.78 is 7.43. The molecule has 0 spiro atoms. The van der Waals surface area contributed by atoms with Crippen molar-refractivity contribution < 1.29 is 14.6 Å². The summed E-state index contributed by atoms with van der Waals surface area (Å²) in [7, 11) is 0. The molecule has 4 N–H and O–H groups in total. The number of phenolic OH excluding ortho intramolecular Hbond substituents is 1. The number of nitrogens with zero attached hydrogens (tertiary/aromatic N) is 3. The third kappa shape index (κ3) is 3.29. The second-order valence-corrected chi connectivity index (χ2v) is 6.65. The number of hydrogen-bond donors (Lipinski definition) is 3. The predicted octanol–water partition coefficient (Wildman–Crippen LogP) is 2.82. The molecule has 0 fully saturated rings. The number of phenols is 1. The van der Waals surface area contributed by atoms with Crippen molar-refractivity contribution in [2.24, 2.45) is 5.73 Å². The van der Waals surface area contributed by atoms with E-state index in [-0.39, 0.29) is 5.75 Å². The standard InChI is InChI=1S/C21H21N5O3/c1-3-29-16-7-5-4-6-15(16)18-17(19(22)28)12(2)23-21-24-20(25-26(18)21)13-8-10-14(27)11-9-13/h4-11,18,27H,3H2,1-2H3,(H2,22,28)(H,23,24,25). The van der Waals surface area contributed by atoms with Gasteiger partial charge in [0.15, 0.2) is 5.82 Å². The summed E-state index contributed by atoms with van der Waals surface area (Å²) in [6, 6.07) is 13.5. The number of rotatable bonds is 5. The van der Waals surface area contributed by atoms with Crippen molar-refractivity contribution in [3.05, 3.63) is 65.4 Å². The number of carbonyl (C=O) groups is 1. The molecule has 0 radical (unpaired) electrons. The molecule has 148 valence electrons. The van der Waals surface area contributed by atoms with E-state index in [1.165, 1.54) is 0 Å². The second kappa shape index (κ2) is 7.31. The fourth-order valence-corrected chi connectivity index (χ4v) is 3.48. The molecule has 2 aromatic carbocycles. The van der Waals surface area contributed by atoms with Gasteiger partial charge in [0.1, 0.15) is 17.5 Å². The van der Waals surface area contributed by atoms with E-state index in [9.17, 15) is 9.90 Å². The number of fused-ring (bicyclic) bond motifs is 1. The van der Waals surface area contributed by atoms with Crippen molar-refractivity contribution in [3.63, 3.8) is 0 Å². The Hall–Kier alpha value is -3.81. The molecule has 0 saturated heterocycles. The van der Waals surface area contributed by atoms with E-state index in [4.69, 9.17) is 10.5 Å². The minimum absolute atomic E-state index is 0.160. The molecule has 0 bridgehead atoms. The van der Waals surface area contributed by atoms with Gasteiger partial charge in [-0.3, -0.25) is 4.79 Å². The summed E-state index contributed by atoms with van der Waals surface area (Å²) in [6.45, 7) is 4.17. The first-order valence-electron chi connectivity index (χ1n) is 9.25. The zero-order valence-corrected chi connectivity index (χ0v) is 16.1. The molecule has 1 aliphatic rings. The summed E-state index contributed by atoms with van der Waals surface area (Å²) in [5.41, 5.74) is 8.25. The van der Waals surface area contributed by atoms with Gasteiger partial charge in [-0.1, -0.05) is 18.2 Å². The number of benzene rings is 2. The number of amides is 1. The lowest BCUT2D eigenvalue weighted by atomic mass is 9.94. The number of aromatic nitrogens is 3. The molecule has 3 aromatic rings. The van der Waals surface area contributed by atoms with Crippen molar-refractivity contribution in [1.29, 1.82) is 0 Å². The highest BCUT2D eigenvalue weighted by atomic mass is 16.5. The van der Waals surface area contributed by atoms with Crippen molar-refractivity contribution in [1.82, 2.24) is 14.8 Å². The van der Waals surface area contributed by atoms with Crippen LogP contribution in [0.1, 0.15) is 25.5 Å². The second-order valence-electron chi connectivity index (χ2n) is 6.65. The fourth-order valence-electron chi connectivity index (χ4n) is 3.48. The van der Waals surface area contributed by atoms with Crippen molar-refractivity contribution in [3.8, 4) is 22.9 Å². The average molecular weight is 391 g/mol. The first kappa shape index (κ1) is 18.5. The Morgan fingerprint density at radius 3 is 2.66 bits per heavy atom. The summed E-state index contributed by atoms with van der Waals surface area (Å²) in [5.74, 6) is 1.23. The van der Waals surface area contributed by atoms with Crippen LogP contribution in [0.15, 0.2) is 59.8 Å². The van der Waals surface area contributed by atoms with E-state index >= 15 is 0 Å². The number of carbonyl (C=O) groups excluding carboxylic acids is 1. The van der Waals surface area contributed by atoms with Crippen LogP contribution in [-0.2, 0) is 4.79 Å². The Kier molecular flexibility index (Phi) is 4.67. The molecule has 2 heterocycles. The third-order valence-electron chi connectivity index (χ3n) is 4.76. The predicted molar refractivity (Wildman–Crippen MR) is 108 cm³/mol. The number of ether oxygens (including phenoxy) is 1. The number of aromatic hydroxyl groups is 1. The van der Waals surface area contributed by atoms with E-state index in [0.717, 1.165) is 11.1 Å². The van der Waals surface area contributed by atoms with Crippen LogP contribution >= 0.6 is 0 Å². The minimum atomic E-state index is -0.579. The van der Waals surface area contributed by atoms with Gasteiger partial charge in [-0.2, -0.15) is 4.98 Å². The highest BCUT2D eigenvalue weighted by molar-refractivity contribution is 5.95. The summed E-state index contributed by atoms with van der Waals surface area (Å²) in [4.78, 5) is 16.9. The molecule has 8 nitrogen and oxygen atoms in total. The molecule has 29 heavy (non-hydrogen) atoms. The van der Waals surface area contributed by atoms with Crippen LogP contribution in [0.5, 0.6) is 11.5 Å². The summed E-state index contributed by atoms with van der Waals surface area (Å²) >= 11 is 0. The largest absolute Gasteiger partial charge is 0.508 e. The monoisotopic (exact) mass is 391 g/mol. The van der Waals surface area contributed by atoms with Gasteiger partial charge >= 0.3 is 0 Å². The molecule has 1 atom stereocenters. The molecule has 1 amide bonds. The van der Waals surface area contributed by atoms with Gasteiger partial charge in [-0.15, -0.1) is 5.10 Å². The molecular formula is C21H21N5O3. The first-order valence-corrected chi connectivity index (χ1v) is 9.25. The maximum absolute atomic E-state index is 12.3. The summed E-state index contributed by atoms with van der Waals surface area (Å²) in [6.07, 6.45) is 0. The van der Waals surface area contributed by atoms with Gasteiger partial charge in [0, 0.05) is 16.8 Å². The summed E-state index contributed by atoms with van der Waals surface area (Å²) in [5, 5.41) is 17.3. The lowest BCUT2D eigenvalue weighted by Gasteiger charge is -2.28. The van der Waals surface area contributed by atoms with Gasteiger partial charge < -0.3 is 20.9 Å². The lowest BCUT2D eigenvalue weighted by Crippen LogP contribution is -2.32. The van der Waals surface area contributed by atoms with Crippen LogP contribution < -0.4 is 15.8 Å². The van der Waals surface area contributed by atoms with Crippen LogP contribution in [0.25, 0.3) is 11.4 Å². The lowest BCUT2D eigenvalue weighted by molar-refractivity contribution is -0.115. The number of anilines is 1. The Morgan fingerprint density at radius 1 is 1.24 bits per heavy atom. The zero-order valence-electron chi connectivity index (χ0n) is 16.1. The van der Waals surface area contributed by atoms with Crippen LogP contribution in [0.2, 0.25) is 0 Å². The normalized spacial score (nSPS) is 15.6. The molecule has 4 rings (SSSR count). The Bertz CT molecular complexity index is 1100. The maximum Gasteiger partial charge on any atom is 0.248 e. The van der Waals surface area contributed by atoms with Crippen molar-refractivity contribution in [2.75, 3.05) is 11.9 Å². The molecule has 0 saturated carbocycles. The maximum atomic E-state index is 12.3. The molecule has 1 unspecified atom stereocenters. The molecule has 8 heteroatoms. The fraction of sp³-hybridized carbons (Fsp3) is 0.190. The minimum Gasteiger partial charge on any atom is -0.508 e. The average Bonchev–Trinajstić information content (AvgIpc) is 3.11. The van der Waals surface area contributed by atoms with Crippen LogP contribution in [0.3, 0.4) is 0 Å². The van der Waals surface area contributed by atoms with E-state index < -0.39 is 11.9 Å². The highest BCUT2D eigenvalue weighted by Crippen LogP contribution is 2.39. The highest BCUT2D eigenvalue weighted by Gasteiger charge is 2.35. The third-order valence-corrected chi connectivity index (χ3v) is 4.76. The van der Waals surface area contributed by atoms with Gasteiger partial charge in [0.05, 0.1) is 12.2 Å². The number of primary amides is 1. The Balaban J connectivity index is 1.89. The van der Waals surface area contributed by atoms with Crippen molar-refractivity contribution >= 4 is 11.9 Å². The van der Waals surface area contributed by atoms with Crippen LogP contribution in [-0.4, -0.2) is 32.4 Å². The number of para-hydroxylation sites is 1. The molecule has 0 aliphatic carbocycles. The van der Waals surface area contributed by atoms with E-state index in [1.807, 2.05) is 31.2 Å². The van der Waals surface area contributed by atoms with E-state index in [0.29, 0.717) is 35.4 Å². The number of nitrogens with two attached hydrogens (primary N) is 1. The molecule has 1 aromatic heterocycles. The van der Waals surface area contributed by atoms with Gasteiger partial charge in [-0.05, 0) is 44.2 Å². The topological polar surface area (TPSA) is 115 Å². The first-order chi connectivity index (χ1) is 14.0. The molecule has 1 aliphatic heterocycles. The number of allylic oxidation sites excluding steroid dienone is 1. The van der Waals surface area contributed by atoms with Crippen LogP contribution in [0, 0.1) is 0 Å². The SMILES string of the molecule is CCOc1ccccc1C1C(C(N)=O)=C(C)Nc2nc(-c3ccc(O)cc3)nn21. The Labute approximate surface area is 167 Å². The number of nitrogens with one attached hydrogen (secondary N) is 1. The van der Waals surface area contributed by atoms with Gasteiger partial charge in [0.25, 0.3) is 0 Å². The van der Waals surface area contributed by atoms with Gasteiger partial charge in [-0.25, -0.2) is 4.68 Å². The van der Waals surface area contributed by atoms with Crippen LogP contribution in [0.4, 0.5) is 5.95 Å². The van der Waals surface area contributed by atoms with E-state index in [2.05, 4.69) is 15.4 Å². The number of hydrogen-bond acceptors (Lipinski definition) is 6. The van der Waals surface area contributed by atoms with Crippen molar-refractivity contribution in [2.45, 2.75) is 19.9 Å². The molecular weight excluding hydrogens is 370 g/mol. The Morgan fingerprint density at radius 2 is 1.97 bits per heavy atom. The smallest absolute Gasteiger partial charge is 0.248 e. The van der Waals surface area contributed by atoms with E-state index in [1.54, 1.807) is 35.9 Å². The quantitative estimate of drug-likeness (QED) is 0.616. The van der Waals surface area contributed by atoms with Gasteiger partial charge in [0.2, 0.25) is 11.9 Å².